The molecule has 1 heterocycles. The summed E-state index contributed by atoms with van der Waals surface area (Å²) < 4.78 is 10.5. The maximum absolute atomic E-state index is 8.55. The fourth-order valence-electron chi connectivity index (χ4n) is 3.47. The second-order valence-corrected chi connectivity index (χ2v) is 9.92. The molecule has 0 aliphatic rings. The Balaban J connectivity index is 2.15. The molecule has 1 nitrogen and oxygen atoms in total. The van der Waals surface area contributed by atoms with E-state index in [4.69, 9.17) is 1.37 Å². The van der Waals surface area contributed by atoms with Crippen LogP contribution in [0.2, 0.25) is 0 Å². The van der Waals surface area contributed by atoms with Crippen molar-refractivity contribution in [3.8, 4) is 22.4 Å². The van der Waals surface area contributed by atoms with E-state index < -0.39 is 0 Å². The number of aryl methyl sites for hydroxylation is 1. The summed E-state index contributed by atoms with van der Waals surface area (Å²) in [6.07, 6.45) is 0.512. The lowest BCUT2D eigenvalue weighted by atomic mass is 9.84. The smallest absolute Gasteiger partial charge is 0.201 e. The summed E-state index contributed by atoms with van der Waals surface area (Å²) in [5.74, 6) is 0. The molecule has 0 unspecified atom stereocenters. The lowest BCUT2D eigenvalue weighted by Gasteiger charge is -2.20. The van der Waals surface area contributed by atoms with E-state index in [0.29, 0.717) is 6.17 Å². The molecule has 146 valence electrons. The highest BCUT2D eigenvalue weighted by Crippen LogP contribution is 2.31. The Morgan fingerprint density at radius 2 is 1.29 bits per heavy atom. The van der Waals surface area contributed by atoms with Crippen molar-refractivity contribution in [3.05, 3.63) is 77.5 Å². The zero-order valence-electron chi connectivity index (χ0n) is 19.6. The van der Waals surface area contributed by atoms with Gasteiger partial charge in [0.1, 0.15) is 8.42 Å². The molecule has 0 aliphatic heterocycles. The summed E-state index contributed by atoms with van der Waals surface area (Å²) in [5.41, 5.74) is 8.60. The van der Waals surface area contributed by atoms with Gasteiger partial charge in [0.25, 0.3) is 0 Å². The molecule has 3 aromatic rings. The van der Waals surface area contributed by atoms with Gasteiger partial charge in [-0.3, -0.25) is 0 Å². The SMILES string of the molecule is [2H]c1cc(-c2ccc(C(C)(C)C)cc2)cc(-c2cc(C(C)(C)C)ccc2C)[n+]1C. The van der Waals surface area contributed by atoms with Crippen LogP contribution in [0.25, 0.3) is 22.4 Å². The summed E-state index contributed by atoms with van der Waals surface area (Å²) in [4.78, 5) is 0. The van der Waals surface area contributed by atoms with Crippen LogP contribution >= 0.6 is 0 Å². The molecule has 0 N–H and O–H groups in total. The van der Waals surface area contributed by atoms with Gasteiger partial charge in [-0.2, -0.15) is 0 Å². The lowest BCUT2D eigenvalue weighted by molar-refractivity contribution is -0.660. The van der Waals surface area contributed by atoms with Crippen molar-refractivity contribution in [2.24, 2.45) is 7.05 Å². The number of pyridine rings is 1. The first-order chi connectivity index (χ1) is 13.4. The van der Waals surface area contributed by atoms with Crippen LogP contribution in [0.15, 0.2) is 60.8 Å². The zero-order chi connectivity index (χ0) is 21.6. The Labute approximate surface area is 172 Å². The summed E-state index contributed by atoms with van der Waals surface area (Å²) in [6, 6.07) is 19.7. The zero-order valence-corrected chi connectivity index (χ0v) is 18.6. The topological polar surface area (TPSA) is 3.88 Å². The monoisotopic (exact) mass is 373 g/mol. The minimum Gasteiger partial charge on any atom is -0.201 e. The standard InChI is InChI=1S/C27H34N/c1-19-9-12-23(27(5,6)7)18-24(19)25-17-21(15-16-28(25)8)20-10-13-22(14-11-20)26(2,3)4/h9-18H,1-8H3/q+1/i16D. The van der Waals surface area contributed by atoms with E-state index in [1.165, 1.54) is 22.3 Å². The van der Waals surface area contributed by atoms with E-state index in [1.54, 1.807) is 0 Å². The third-order valence-corrected chi connectivity index (χ3v) is 5.53. The summed E-state index contributed by atoms with van der Waals surface area (Å²) >= 11 is 0. The average molecular weight is 374 g/mol. The molecule has 1 heteroatoms. The first-order valence-electron chi connectivity index (χ1n) is 10.6. The van der Waals surface area contributed by atoms with Gasteiger partial charge in [0.15, 0.2) is 6.17 Å². The highest BCUT2D eigenvalue weighted by Gasteiger charge is 2.20. The second kappa shape index (κ2) is 7.20. The summed E-state index contributed by atoms with van der Waals surface area (Å²) in [5, 5.41) is 0. The number of nitrogens with zero attached hydrogens (tertiary/aromatic N) is 1. The quantitative estimate of drug-likeness (QED) is 0.437. The van der Waals surface area contributed by atoms with Crippen molar-refractivity contribution in [1.29, 1.82) is 0 Å². The van der Waals surface area contributed by atoms with Gasteiger partial charge in [-0.25, -0.2) is 4.57 Å². The van der Waals surface area contributed by atoms with Gasteiger partial charge in [-0.05, 0) is 51.6 Å². The molecular formula is C27H34N+. The maximum atomic E-state index is 8.55. The van der Waals surface area contributed by atoms with Crippen LogP contribution in [0.1, 0.15) is 59.6 Å². The highest BCUT2D eigenvalue weighted by atomic mass is 14.9. The molecular weight excluding hydrogens is 338 g/mol. The van der Waals surface area contributed by atoms with Crippen molar-refractivity contribution in [3.63, 3.8) is 0 Å². The molecule has 0 amide bonds. The molecule has 2 aromatic carbocycles. The van der Waals surface area contributed by atoms with Gasteiger partial charge in [0.2, 0.25) is 5.69 Å². The Morgan fingerprint density at radius 1 is 0.714 bits per heavy atom. The number of rotatable bonds is 2. The second-order valence-electron chi connectivity index (χ2n) is 9.92. The molecule has 0 spiro atoms. The number of hydrogen-bond acceptors (Lipinski definition) is 0. The predicted molar refractivity (Wildman–Crippen MR) is 121 cm³/mol. The molecule has 0 bridgehead atoms. The van der Waals surface area contributed by atoms with E-state index in [9.17, 15) is 0 Å². The van der Waals surface area contributed by atoms with Crippen LogP contribution in [0.5, 0.6) is 0 Å². The van der Waals surface area contributed by atoms with Gasteiger partial charge in [0, 0.05) is 17.7 Å². The van der Waals surface area contributed by atoms with Crippen molar-refractivity contribution in [2.75, 3.05) is 0 Å². The van der Waals surface area contributed by atoms with Crippen LogP contribution in [0.4, 0.5) is 0 Å². The third-order valence-electron chi connectivity index (χ3n) is 5.53. The Hall–Kier alpha value is -2.41. The average Bonchev–Trinajstić information content (AvgIpc) is 2.63. The van der Waals surface area contributed by atoms with Crippen LogP contribution in [-0.2, 0) is 17.9 Å². The first-order valence-corrected chi connectivity index (χ1v) is 10.1. The van der Waals surface area contributed by atoms with Gasteiger partial charge in [-0.1, -0.05) is 77.9 Å². The van der Waals surface area contributed by atoms with E-state index in [2.05, 4.69) is 97.0 Å². The fourth-order valence-corrected chi connectivity index (χ4v) is 3.47. The van der Waals surface area contributed by atoms with E-state index in [1.807, 2.05) is 17.7 Å². The summed E-state index contributed by atoms with van der Waals surface area (Å²) in [7, 11) is 1.98. The number of hydrogen-bond donors (Lipinski definition) is 0. The fraction of sp³-hybridized carbons (Fsp3) is 0.370. The molecule has 0 atom stereocenters. The van der Waals surface area contributed by atoms with Crippen LogP contribution in [0.3, 0.4) is 0 Å². The van der Waals surface area contributed by atoms with Crippen molar-refractivity contribution in [2.45, 2.75) is 59.3 Å². The van der Waals surface area contributed by atoms with Gasteiger partial charge < -0.3 is 0 Å². The predicted octanol–water partition coefficient (Wildman–Crippen LogP) is 6.75. The molecule has 1 aromatic heterocycles. The van der Waals surface area contributed by atoms with Crippen LogP contribution < -0.4 is 4.57 Å². The molecule has 0 saturated heterocycles. The third kappa shape index (κ3) is 4.19. The van der Waals surface area contributed by atoms with E-state index >= 15 is 0 Å². The molecule has 0 radical (unpaired) electrons. The number of aromatic nitrogens is 1. The minimum atomic E-state index is 0.0885. The highest BCUT2D eigenvalue weighted by molar-refractivity contribution is 5.71. The van der Waals surface area contributed by atoms with Gasteiger partial charge in [0.05, 0.1) is 0 Å². The molecule has 0 saturated carbocycles. The molecule has 28 heavy (non-hydrogen) atoms. The molecule has 3 rings (SSSR count). The Morgan fingerprint density at radius 3 is 1.86 bits per heavy atom. The van der Waals surface area contributed by atoms with Crippen molar-refractivity contribution in [1.82, 2.24) is 0 Å². The van der Waals surface area contributed by atoms with Crippen molar-refractivity contribution >= 4 is 0 Å². The van der Waals surface area contributed by atoms with Crippen molar-refractivity contribution < 1.29 is 5.94 Å². The lowest BCUT2D eigenvalue weighted by Crippen LogP contribution is -2.30. The Kier molecular flexibility index (Phi) is 4.87. The van der Waals surface area contributed by atoms with Crippen LogP contribution in [-0.4, -0.2) is 0 Å². The van der Waals surface area contributed by atoms with E-state index in [-0.39, 0.29) is 10.8 Å². The normalized spacial score (nSPS) is 12.8. The first kappa shape index (κ1) is 18.9. The van der Waals surface area contributed by atoms with Gasteiger partial charge in [-0.15, -0.1) is 0 Å². The van der Waals surface area contributed by atoms with E-state index in [0.717, 1.165) is 16.8 Å². The van der Waals surface area contributed by atoms with Gasteiger partial charge >= 0.3 is 0 Å². The molecule has 0 fully saturated rings. The Bertz CT molecular complexity index is 1030. The molecule has 0 aliphatic carbocycles. The largest absolute Gasteiger partial charge is 0.213 e. The maximum Gasteiger partial charge on any atom is 0.213 e. The summed E-state index contributed by atoms with van der Waals surface area (Å²) in [6.45, 7) is 15.6. The minimum absolute atomic E-state index is 0.0885. The number of benzene rings is 2. The van der Waals surface area contributed by atoms with Crippen LogP contribution in [0, 0.1) is 6.92 Å².